The van der Waals surface area contributed by atoms with Crippen LogP contribution in [0.5, 0.6) is 0 Å². The molecular weight excluding hydrogens is 207 g/mol. The van der Waals surface area contributed by atoms with Gasteiger partial charge in [-0.15, -0.1) is 0 Å². The van der Waals surface area contributed by atoms with Crippen LogP contribution in [-0.2, 0) is 4.79 Å². The summed E-state index contributed by atoms with van der Waals surface area (Å²) >= 11 is 0. The Labute approximate surface area is 95.0 Å². The van der Waals surface area contributed by atoms with E-state index in [-0.39, 0.29) is 23.8 Å². The van der Waals surface area contributed by atoms with Gasteiger partial charge in [0.1, 0.15) is 5.82 Å². The van der Waals surface area contributed by atoms with Crippen molar-refractivity contribution in [3.05, 3.63) is 30.1 Å². The lowest BCUT2D eigenvalue weighted by Crippen LogP contribution is -2.43. The predicted octanol–water partition coefficient (Wildman–Crippen LogP) is 2.15. The Hall–Kier alpha value is -1.58. The van der Waals surface area contributed by atoms with Crippen molar-refractivity contribution in [1.29, 1.82) is 0 Å². The van der Waals surface area contributed by atoms with E-state index in [0.29, 0.717) is 0 Å². The molecule has 0 fully saturated rings. The van der Waals surface area contributed by atoms with Crippen LogP contribution < -0.4 is 10.6 Å². The maximum atomic E-state index is 12.6. The first-order valence-electron chi connectivity index (χ1n) is 5.17. The lowest BCUT2D eigenvalue weighted by Gasteiger charge is -2.20. The van der Waals surface area contributed by atoms with E-state index in [2.05, 4.69) is 10.6 Å². The minimum Gasteiger partial charge on any atom is -0.376 e. The summed E-state index contributed by atoms with van der Waals surface area (Å²) in [5.74, 6) is -0.374. The molecule has 0 aromatic heterocycles. The molecule has 0 saturated carbocycles. The van der Waals surface area contributed by atoms with Crippen LogP contribution in [0.2, 0.25) is 0 Å². The highest BCUT2D eigenvalue weighted by atomic mass is 19.1. The largest absolute Gasteiger partial charge is 0.376 e. The fourth-order valence-corrected chi connectivity index (χ4v) is 1.21. The van der Waals surface area contributed by atoms with Crippen LogP contribution >= 0.6 is 0 Å². The van der Waals surface area contributed by atoms with Gasteiger partial charge in [-0.1, -0.05) is 0 Å². The van der Waals surface area contributed by atoms with Crippen LogP contribution in [-0.4, -0.2) is 18.0 Å². The van der Waals surface area contributed by atoms with E-state index in [1.54, 1.807) is 12.1 Å². The number of amides is 1. The maximum absolute atomic E-state index is 12.6. The van der Waals surface area contributed by atoms with Gasteiger partial charge < -0.3 is 10.6 Å². The van der Waals surface area contributed by atoms with Crippen molar-refractivity contribution >= 4 is 11.6 Å². The number of nitrogens with one attached hydrogen (secondary N) is 2. The van der Waals surface area contributed by atoms with Gasteiger partial charge in [0.05, 0.1) is 6.54 Å². The van der Waals surface area contributed by atoms with Crippen LogP contribution in [0.3, 0.4) is 0 Å². The Morgan fingerprint density at radius 2 is 1.81 bits per heavy atom. The molecule has 1 amide bonds. The van der Waals surface area contributed by atoms with Crippen LogP contribution in [0, 0.1) is 5.82 Å². The minimum atomic E-state index is -0.287. The van der Waals surface area contributed by atoms with Crippen LogP contribution in [0.1, 0.15) is 20.8 Å². The molecule has 1 aromatic carbocycles. The lowest BCUT2D eigenvalue weighted by molar-refractivity contribution is -0.120. The van der Waals surface area contributed by atoms with Gasteiger partial charge in [-0.2, -0.15) is 0 Å². The third kappa shape index (κ3) is 4.77. The number of rotatable bonds is 3. The van der Waals surface area contributed by atoms with Gasteiger partial charge in [0.2, 0.25) is 5.91 Å². The first-order chi connectivity index (χ1) is 7.37. The van der Waals surface area contributed by atoms with Gasteiger partial charge >= 0.3 is 0 Å². The van der Waals surface area contributed by atoms with Gasteiger partial charge in [0, 0.05) is 11.2 Å². The molecule has 0 aliphatic rings. The van der Waals surface area contributed by atoms with Crippen molar-refractivity contribution in [2.24, 2.45) is 0 Å². The summed E-state index contributed by atoms with van der Waals surface area (Å²) in [5.41, 5.74) is 0.493. The maximum Gasteiger partial charge on any atom is 0.239 e. The molecule has 0 saturated heterocycles. The number of carbonyl (C=O) groups is 1. The van der Waals surface area contributed by atoms with E-state index in [1.165, 1.54) is 12.1 Å². The highest BCUT2D eigenvalue weighted by Gasteiger charge is 2.12. The lowest BCUT2D eigenvalue weighted by atomic mass is 10.1. The molecule has 0 unspecified atom stereocenters. The molecule has 1 aromatic rings. The first kappa shape index (κ1) is 12.5. The molecule has 0 atom stereocenters. The van der Waals surface area contributed by atoms with Gasteiger partial charge in [-0.3, -0.25) is 4.79 Å². The fourth-order valence-electron chi connectivity index (χ4n) is 1.21. The SMILES string of the molecule is CC(C)(C)NC(=O)CNc1ccc(F)cc1. The summed E-state index contributed by atoms with van der Waals surface area (Å²) in [6.45, 7) is 5.94. The van der Waals surface area contributed by atoms with Gasteiger partial charge in [0.15, 0.2) is 0 Å². The predicted molar refractivity (Wildman–Crippen MR) is 62.8 cm³/mol. The molecule has 0 spiro atoms. The van der Waals surface area contributed by atoms with E-state index in [1.807, 2.05) is 20.8 Å². The monoisotopic (exact) mass is 224 g/mol. The summed E-state index contributed by atoms with van der Waals surface area (Å²) in [5, 5.41) is 5.74. The summed E-state index contributed by atoms with van der Waals surface area (Å²) in [4.78, 5) is 11.5. The second kappa shape index (κ2) is 4.96. The number of hydrogen-bond donors (Lipinski definition) is 2. The number of carbonyl (C=O) groups excluding carboxylic acids is 1. The summed E-state index contributed by atoms with van der Waals surface area (Å²) < 4.78 is 12.6. The molecule has 88 valence electrons. The van der Waals surface area contributed by atoms with Gasteiger partial charge in [-0.05, 0) is 45.0 Å². The van der Waals surface area contributed by atoms with Crippen molar-refractivity contribution in [1.82, 2.24) is 5.32 Å². The van der Waals surface area contributed by atoms with E-state index in [0.717, 1.165) is 5.69 Å². The van der Waals surface area contributed by atoms with Crippen molar-refractivity contribution in [2.75, 3.05) is 11.9 Å². The Bertz CT molecular complexity index is 354. The van der Waals surface area contributed by atoms with Crippen LogP contribution in [0.15, 0.2) is 24.3 Å². The molecule has 0 aliphatic carbocycles. The molecular formula is C12H17FN2O. The van der Waals surface area contributed by atoms with E-state index >= 15 is 0 Å². The quantitative estimate of drug-likeness (QED) is 0.826. The Morgan fingerprint density at radius 1 is 1.25 bits per heavy atom. The second-order valence-electron chi connectivity index (χ2n) is 4.66. The normalized spacial score (nSPS) is 11.0. The topological polar surface area (TPSA) is 41.1 Å². The van der Waals surface area contributed by atoms with Gasteiger partial charge in [-0.25, -0.2) is 4.39 Å². The molecule has 4 heteroatoms. The highest BCUT2D eigenvalue weighted by Crippen LogP contribution is 2.07. The number of benzene rings is 1. The van der Waals surface area contributed by atoms with Crippen molar-refractivity contribution in [3.63, 3.8) is 0 Å². The number of anilines is 1. The van der Waals surface area contributed by atoms with Crippen molar-refractivity contribution in [3.8, 4) is 0 Å². The van der Waals surface area contributed by atoms with Crippen LogP contribution in [0.4, 0.5) is 10.1 Å². The molecule has 2 N–H and O–H groups in total. The standard InChI is InChI=1S/C12H17FN2O/c1-12(2,3)15-11(16)8-14-10-6-4-9(13)5-7-10/h4-7,14H,8H2,1-3H3,(H,15,16). The molecule has 3 nitrogen and oxygen atoms in total. The Balaban J connectivity index is 2.40. The van der Waals surface area contributed by atoms with Crippen molar-refractivity contribution < 1.29 is 9.18 Å². The summed E-state index contributed by atoms with van der Waals surface area (Å²) in [7, 11) is 0. The van der Waals surface area contributed by atoms with E-state index < -0.39 is 0 Å². The fraction of sp³-hybridized carbons (Fsp3) is 0.417. The molecule has 0 bridgehead atoms. The third-order valence-corrected chi connectivity index (χ3v) is 1.81. The zero-order valence-corrected chi connectivity index (χ0v) is 9.80. The average molecular weight is 224 g/mol. The number of halogens is 1. The highest BCUT2D eigenvalue weighted by molar-refractivity contribution is 5.81. The zero-order valence-electron chi connectivity index (χ0n) is 9.80. The summed E-state index contributed by atoms with van der Waals surface area (Å²) in [6, 6.07) is 5.90. The minimum absolute atomic E-state index is 0.0863. The third-order valence-electron chi connectivity index (χ3n) is 1.81. The Kier molecular flexibility index (Phi) is 3.88. The van der Waals surface area contributed by atoms with E-state index in [4.69, 9.17) is 0 Å². The molecule has 0 heterocycles. The Morgan fingerprint density at radius 3 is 2.31 bits per heavy atom. The van der Waals surface area contributed by atoms with Crippen molar-refractivity contribution in [2.45, 2.75) is 26.3 Å². The smallest absolute Gasteiger partial charge is 0.239 e. The van der Waals surface area contributed by atoms with E-state index in [9.17, 15) is 9.18 Å². The van der Waals surface area contributed by atoms with Crippen LogP contribution in [0.25, 0.3) is 0 Å². The average Bonchev–Trinajstić information content (AvgIpc) is 2.14. The zero-order chi connectivity index (χ0) is 12.2. The molecule has 16 heavy (non-hydrogen) atoms. The second-order valence-corrected chi connectivity index (χ2v) is 4.66. The molecule has 0 radical (unpaired) electrons. The molecule has 0 aliphatic heterocycles. The molecule has 1 rings (SSSR count). The van der Waals surface area contributed by atoms with Gasteiger partial charge in [0.25, 0.3) is 0 Å². The number of hydrogen-bond acceptors (Lipinski definition) is 2. The summed E-state index contributed by atoms with van der Waals surface area (Å²) in [6.07, 6.45) is 0. The first-order valence-corrected chi connectivity index (χ1v) is 5.17.